The maximum atomic E-state index is 12.4. The summed E-state index contributed by atoms with van der Waals surface area (Å²) >= 11 is 0.747. The molecule has 0 amide bonds. The second-order valence-corrected chi connectivity index (χ2v) is 8.16. The molecule has 0 N–H and O–H groups in total. The summed E-state index contributed by atoms with van der Waals surface area (Å²) in [6.07, 6.45) is -1.19. The molecule has 0 aliphatic heterocycles. The van der Waals surface area contributed by atoms with Crippen molar-refractivity contribution in [2.45, 2.75) is 37.1 Å². The fourth-order valence-electron chi connectivity index (χ4n) is 4.57. The molecule has 1 aromatic rings. The predicted molar refractivity (Wildman–Crippen MR) is 81.9 cm³/mol. The molecule has 3 saturated carbocycles. The van der Waals surface area contributed by atoms with Gasteiger partial charge in [0.25, 0.3) is 0 Å². The van der Waals surface area contributed by atoms with Gasteiger partial charge in [0.05, 0.1) is 5.75 Å². The number of halogens is 3. The number of hydrogen-bond donors (Lipinski definition) is 0. The molecule has 5 atom stereocenters. The summed E-state index contributed by atoms with van der Waals surface area (Å²) in [5.74, 6) is 1.68. The molecule has 4 rings (SSSR count). The van der Waals surface area contributed by atoms with Crippen LogP contribution in [0.25, 0.3) is 0 Å². The normalized spacial score (nSPS) is 31.7. The first kappa shape index (κ1) is 17.7. The van der Waals surface area contributed by atoms with E-state index < -0.39 is 18.7 Å². The zero-order chi connectivity index (χ0) is 18.5. The van der Waals surface area contributed by atoms with Crippen LogP contribution in [0.2, 0.25) is 0 Å². The number of nitrogens with zero attached hydrogens (tertiary/aromatic N) is 4. The predicted octanol–water partition coefficient (Wildman–Crippen LogP) is 1.73. The summed E-state index contributed by atoms with van der Waals surface area (Å²) in [4.78, 5) is 24.1. The topological polar surface area (TPSA) is 87.0 Å². The smallest absolute Gasteiger partial charge is 0.408 e. The molecule has 0 spiro atoms. The van der Waals surface area contributed by atoms with Gasteiger partial charge < -0.3 is 4.74 Å². The Labute approximate surface area is 151 Å². The summed E-state index contributed by atoms with van der Waals surface area (Å²) in [7, 11) is 0. The summed E-state index contributed by atoms with van der Waals surface area (Å²) in [5.41, 5.74) is 0. The van der Waals surface area contributed by atoms with E-state index in [9.17, 15) is 22.8 Å². The number of hydrogen-bond acceptors (Lipinski definition) is 7. The fraction of sp³-hybridized carbons (Fsp3) is 0.800. The molecule has 0 aromatic carbocycles. The first-order valence-electron chi connectivity index (χ1n) is 8.46. The Balaban J connectivity index is 1.21. The highest BCUT2D eigenvalue weighted by molar-refractivity contribution is 7.99. The highest BCUT2D eigenvalue weighted by Gasteiger charge is 2.62. The molecule has 11 heteroatoms. The van der Waals surface area contributed by atoms with Gasteiger partial charge in [-0.15, -0.1) is 5.10 Å². The first-order valence-corrected chi connectivity index (χ1v) is 9.44. The van der Waals surface area contributed by atoms with Crippen LogP contribution >= 0.6 is 11.8 Å². The van der Waals surface area contributed by atoms with Crippen LogP contribution in [0, 0.1) is 29.6 Å². The van der Waals surface area contributed by atoms with Crippen LogP contribution in [0.5, 0.6) is 0 Å². The van der Waals surface area contributed by atoms with Crippen molar-refractivity contribution in [3.05, 3.63) is 0 Å². The van der Waals surface area contributed by atoms with E-state index in [4.69, 9.17) is 4.74 Å². The Kier molecular flexibility index (Phi) is 4.44. The number of esters is 1. The molecule has 3 fully saturated rings. The minimum Gasteiger partial charge on any atom is -0.457 e. The molecule has 3 aliphatic rings. The van der Waals surface area contributed by atoms with Gasteiger partial charge in [-0.3, -0.25) is 9.59 Å². The number of tetrazole rings is 1. The van der Waals surface area contributed by atoms with Crippen LogP contribution in [-0.4, -0.2) is 50.5 Å². The Morgan fingerprint density at radius 3 is 2.69 bits per heavy atom. The Morgan fingerprint density at radius 1 is 1.19 bits per heavy atom. The van der Waals surface area contributed by atoms with Crippen molar-refractivity contribution in [1.29, 1.82) is 0 Å². The van der Waals surface area contributed by atoms with E-state index in [1.165, 1.54) is 6.42 Å². The van der Waals surface area contributed by atoms with Crippen LogP contribution in [0.3, 0.4) is 0 Å². The Morgan fingerprint density at radius 2 is 2.00 bits per heavy atom. The largest absolute Gasteiger partial charge is 0.457 e. The molecule has 142 valence electrons. The zero-order valence-corrected chi connectivity index (χ0v) is 14.5. The third-order valence-electron chi connectivity index (χ3n) is 5.63. The number of thioether (sulfide) groups is 1. The maximum Gasteiger partial charge on any atom is 0.408 e. The highest BCUT2D eigenvalue weighted by atomic mass is 32.2. The third-order valence-corrected chi connectivity index (χ3v) is 6.56. The summed E-state index contributed by atoms with van der Waals surface area (Å²) in [5, 5.41) is 9.76. The van der Waals surface area contributed by atoms with Crippen molar-refractivity contribution in [2.24, 2.45) is 29.6 Å². The number of rotatable bonds is 7. The van der Waals surface area contributed by atoms with Gasteiger partial charge in [-0.2, -0.15) is 13.2 Å². The van der Waals surface area contributed by atoms with Crippen LogP contribution in [0.15, 0.2) is 5.16 Å². The minimum atomic E-state index is -4.46. The monoisotopic (exact) mass is 390 g/mol. The van der Waals surface area contributed by atoms with Gasteiger partial charge in [-0.1, -0.05) is 11.8 Å². The second kappa shape index (κ2) is 6.50. The van der Waals surface area contributed by atoms with E-state index in [2.05, 4.69) is 15.5 Å². The molecular weight excluding hydrogens is 373 g/mol. The second-order valence-electron chi connectivity index (χ2n) is 7.22. The fourth-order valence-corrected chi connectivity index (χ4v) is 5.24. The average molecular weight is 390 g/mol. The lowest BCUT2D eigenvalue weighted by Gasteiger charge is -2.19. The van der Waals surface area contributed by atoms with E-state index in [1.54, 1.807) is 0 Å². The molecule has 1 heterocycles. The van der Waals surface area contributed by atoms with Crippen molar-refractivity contribution >= 4 is 23.5 Å². The lowest BCUT2D eigenvalue weighted by molar-refractivity contribution is -0.147. The molecule has 3 aliphatic carbocycles. The molecule has 2 bridgehead atoms. The van der Waals surface area contributed by atoms with E-state index >= 15 is 0 Å². The summed E-state index contributed by atoms with van der Waals surface area (Å²) < 4.78 is 42.8. The molecule has 7 nitrogen and oxygen atoms in total. The first-order chi connectivity index (χ1) is 12.3. The van der Waals surface area contributed by atoms with Crippen LogP contribution < -0.4 is 0 Å². The molecule has 0 saturated heterocycles. The quantitative estimate of drug-likeness (QED) is 0.518. The molecule has 0 radical (unpaired) electrons. The van der Waals surface area contributed by atoms with Gasteiger partial charge in [0.15, 0.2) is 5.78 Å². The van der Waals surface area contributed by atoms with Crippen molar-refractivity contribution in [2.75, 3.05) is 12.4 Å². The van der Waals surface area contributed by atoms with Crippen molar-refractivity contribution < 1.29 is 27.5 Å². The van der Waals surface area contributed by atoms with Crippen LogP contribution in [0.4, 0.5) is 13.2 Å². The molecule has 1 aromatic heterocycles. The molecular formula is C15H17F3N4O3S. The lowest BCUT2D eigenvalue weighted by Crippen LogP contribution is -2.27. The van der Waals surface area contributed by atoms with Gasteiger partial charge in [0, 0.05) is 5.92 Å². The van der Waals surface area contributed by atoms with E-state index in [-0.39, 0.29) is 29.2 Å². The summed E-state index contributed by atoms with van der Waals surface area (Å²) in [6.45, 7) is -1.60. The number of aromatic nitrogens is 4. The number of Topliss-reactive ketones (excluding diaryl/α,β-unsaturated/α-hetero) is 1. The van der Waals surface area contributed by atoms with Gasteiger partial charge >= 0.3 is 12.1 Å². The van der Waals surface area contributed by atoms with E-state index in [0.717, 1.165) is 30.5 Å². The number of carbonyl (C=O) groups is 2. The third kappa shape index (κ3) is 3.58. The Hall–Kier alpha value is -1.65. The van der Waals surface area contributed by atoms with Gasteiger partial charge in [0.1, 0.15) is 13.2 Å². The summed E-state index contributed by atoms with van der Waals surface area (Å²) in [6, 6.07) is 0. The maximum absolute atomic E-state index is 12.4. The number of carbonyl (C=O) groups excluding carboxylic acids is 2. The minimum absolute atomic E-state index is 0.00304. The highest BCUT2D eigenvalue weighted by Crippen LogP contribution is 2.67. The number of fused-ring (bicyclic) bond motifs is 5. The standard InChI is InChI=1S/C15H17F3N4O3S/c16-15(17,18)6-22-14(19-20-21-22)26-5-13(24)25-4-12(23)11-2-7-1-9(11)10-3-8(7)10/h7-11H,1-6H2. The number of alkyl halides is 3. The van der Waals surface area contributed by atoms with Gasteiger partial charge in [-0.25, -0.2) is 4.68 Å². The number of ether oxygens (including phenoxy) is 1. The Bertz CT molecular complexity index is 725. The van der Waals surface area contributed by atoms with Crippen molar-refractivity contribution in [3.8, 4) is 0 Å². The molecule has 5 unspecified atom stereocenters. The zero-order valence-electron chi connectivity index (χ0n) is 13.7. The van der Waals surface area contributed by atoms with Crippen LogP contribution in [-0.2, 0) is 20.9 Å². The van der Waals surface area contributed by atoms with Crippen molar-refractivity contribution in [1.82, 2.24) is 20.2 Å². The van der Waals surface area contributed by atoms with Gasteiger partial charge in [-0.05, 0) is 53.4 Å². The average Bonchev–Trinajstić information content (AvgIpc) is 2.93. The van der Waals surface area contributed by atoms with E-state index in [0.29, 0.717) is 22.4 Å². The number of ketones is 1. The molecule has 26 heavy (non-hydrogen) atoms. The van der Waals surface area contributed by atoms with E-state index in [1.807, 2.05) is 0 Å². The van der Waals surface area contributed by atoms with Crippen molar-refractivity contribution in [3.63, 3.8) is 0 Å². The lowest BCUT2D eigenvalue weighted by atomic mass is 9.86. The van der Waals surface area contributed by atoms with Gasteiger partial charge in [0.2, 0.25) is 5.16 Å². The SMILES string of the molecule is O=C(CSc1nnnn1CC(F)(F)F)OCC(=O)C1CC2CC1C1CC21. The van der Waals surface area contributed by atoms with Crippen LogP contribution in [0.1, 0.15) is 19.3 Å².